The molecule has 16 heavy (non-hydrogen) atoms. The van der Waals surface area contributed by atoms with Crippen LogP contribution in [0.25, 0.3) is 0 Å². The minimum absolute atomic E-state index is 0.371. The summed E-state index contributed by atoms with van der Waals surface area (Å²) in [5, 5.41) is 8.64. The maximum absolute atomic E-state index is 8.64. The lowest BCUT2D eigenvalue weighted by Gasteiger charge is -2.13. The van der Waals surface area contributed by atoms with E-state index in [1.165, 1.54) is 77.4 Å². The van der Waals surface area contributed by atoms with E-state index in [0.717, 1.165) is 6.42 Å². The molecule has 0 saturated carbocycles. The minimum Gasteiger partial charge on any atom is -0.396 e. The molecule has 0 aromatic carbocycles. The molecule has 1 rings (SSSR count). The molecule has 1 heterocycles. The summed E-state index contributed by atoms with van der Waals surface area (Å²) in [6.45, 7) is 4.41. The van der Waals surface area contributed by atoms with Gasteiger partial charge in [0.1, 0.15) is 0 Å². The molecule has 0 aromatic rings. The van der Waals surface area contributed by atoms with Crippen LogP contribution < -0.4 is 0 Å². The number of nitrogens with zero attached hydrogens (tertiary/aromatic N) is 1. The van der Waals surface area contributed by atoms with Crippen molar-refractivity contribution in [3.05, 3.63) is 0 Å². The van der Waals surface area contributed by atoms with Gasteiger partial charge in [-0.15, -0.1) is 0 Å². The Morgan fingerprint density at radius 2 is 1.19 bits per heavy atom. The first kappa shape index (κ1) is 14.0. The fourth-order valence-electron chi connectivity index (χ4n) is 2.51. The van der Waals surface area contributed by atoms with Crippen molar-refractivity contribution in [1.82, 2.24) is 4.90 Å². The van der Waals surface area contributed by atoms with Crippen molar-refractivity contribution < 1.29 is 5.11 Å². The second kappa shape index (κ2) is 10.1. The lowest BCUT2D eigenvalue weighted by atomic mass is 10.1. The quantitative estimate of drug-likeness (QED) is 0.579. The van der Waals surface area contributed by atoms with Crippen LogP contribution in [-0.2, 0) is 0 Å². The zero-order valence-electron chi connectivity index (χ0n) is 10.8. The molecule has 0 aromatic heterocycles. The standard InChI is InChI=1S/C14H29NO/c16-14-10-6-4-2-1-3-5-7-11-15-12-8-9-13-15/h16H,1-14H2. The summed E-state index contributed by atoms with van der Waals surface area (Å²) in [6, 6.07) is 0. The van der Waals surface area contributed by atoms with Crippen molar-refractivity contribution in [2.45, 2.75) is 64.2 Å². The maximum atomic E-state index is 8.64. The zero-order chi connectivity index (χ0) is 11.5. The number of hydrogen-bond donors (Lipinski definition) is 1. The van der Waals surface area contributed by atoms with Crippen LogP contribution in [0.15, 0.2) is 0 Å². The average Bonchev–Trinajstić information content (AvgIpc) is 2.80. The molecular weight excluding hydrogens is 198 g/mol. The summed E-state index contributed by atoms with van der Waals surface area (Å²) in [4.78, 5) is 2.61. The largest absolute Gasteiger partial charge is 0.396 e. The van der Waals surface area contributed by atoms with Gasteiger partial charge in [-0.05, 0) is 45.3 Å². The van der Waals surface area contributed by atoms with Crippen LogP contribution in [0.2, 0.25) is 0 Å². The van der Waals surface area contributed by atoms with Crippen LogP contribution in [0.5, 0.6) is 0 Å². The predicted octanol–water partition coefficient (Wildman–Crippen LogP) is 3.20. The van der Waals surface area contributed by atoms with E-state index in [0.29, 0.717) is 6.61 Å². The van der Waals surface area contributed by atoms with Crippen molar-refractivity contribution in [2.75, 3.05) is 26.2 Å². The first-order valence-electron chi connectivity index (χ1n) is 7.26. The third kappa shape index (κ3) is 7.24. The van der Waals surface area contributed by atoms with Crippen LogP contribution >= 0.6 is 0 Å². The molecule has 0 aliphatic carbocycles. The van der Waals surface area contributed by atoms with E-state index in [2.05, 4.69) is 4.90 Å². The Kier molecular flexibility index (Phi) is 8.83. The number of aliphatic hydroxyl groups excluding tert-OH is 1. The van der Waals surface area contributed by atoms with Crippen LogP contribution in [0.4, 0.5) is 0 Å². The Balaban J connectivity index is 1.71. The lowest BCUT2D eigenvalue weighted by Crippen LogP contribution is -2.20. The van der Waals surface area contributed by atoms with E-state index in [1.807, 2.05) is 0 Å². The highest BCUT2D eigenvalue weighted by Crippen LogP contribution is 2.11. The van der Waals surface area contributed by atoms with E-state index in [9.17, 15) is 0 Å². The van der Waals surface area contributed by atoms with Gasteiger partial charge in [-0.3, -0.25) is 0 Å². The van der Waals surface area contributed by atoms with Crippen LogP contribution in [0.1, 0.15) is 64.2 Å². The topological polar surface area (TPSA) is 23.5 Å². The molecule has 0 amide bonds. The van der Waals surface area contributed by atoms with Gasteiger partial charge in [0, 0.05) is 6.61 Å². The summed E-state index contributed by atoms with van der Waals surface area (Å²) < 4.78 is 0. The van der Waals surface area contributed by atoms with Gasteiger partial charge in [0.15, 0.2) is 0 Å². The molecule has 96 valence electrons. The van der Waals surface area contributed by atoms with E-state index in [4.69, 9.17) is 5.11 Å². The van der Waals surface area contributed by atoms with Gasteiger partial charge in [0.2, 0.25) is 0 Å². The molecule has 0 atom stereocenters. The summed E-state index contributed by atoms with van der Waals surface area (Å²) in [5.41, 5.74) is 0. The van der Waals surface area contributed by atoms with Crippen molar-refractivity contribution in [3.8, 4) is 0 Å². The molecule has 0 spiro atoms. The molecule has 0 unspecified atom stereocenters. The monoisotopic (exact) mass is 227 g/mol. The molecule has 0 radical (unpaired) electrons. The molecular formula is C14H29NO. The number of likely N-dealkylation sites (tertiary alicyclic amines) is 1. The Bertz CT molecular complexity index is 144. The fraction of sp³-hybridized carbons (Fsp3) is 1.00. The Labute approximate surface area is 101 Å². The summed E-state index contributed by atoms with van der Waals surface area (Å²) in [7, 11) is 0. The third-order valence-electron chi connectivity index (χ3n) is 3.58. The second-order valence-electron chi connectivity index (χ2n) is 5.10. The smallest absolute Gasteiger partial charge is 0.0431 e. The SMILES string of the molecule is OCCCCCCCCCCN1CCCC1. The molecule has 1 aliphatic heterocycles. The van der Waals surface area contributed by atoms with Crippen molar-refractivity contribution in [1.29, 1.82) is 0 Å². The van der Waals surface area contributed by atoms with Crippen LogP contribution in [-0.4, -0.2) is 36.2 Å². The number of aliphatic hydroxyl groups is 1. The van der Waals surface area contributed by atoms with Gasteiger partial charge in [0.05, 0.1) is 0 Å². The number of hydrogen-bond acceptors (Lipinski definition) is 2. The van der Waals surface area contributed by atoms with Gasteiger partial charge in [-0.2, -0.15) is 0 Å². The van der Waals surface area contributed by atoms with Gasteiger partial charge in [0.25, 0.3) is 0 Å². The van der Waals surface area contributed by atoms with Crippen molar-refractivity contribution in [2.24, 2.45) is 0 Å². The van der Waals surface area contributed by atoms with Crippen molar-refractivity contribution >= 4 is 0 Å². The fourth-order valence-corrected chi connectivity index (χ4v) is 2.51. The van der Waals surface area contributed by atoms with Gasteiger partial charge < -0.3 is 10.0 Å². The Hall–Kier alpha value is -0.0800. The molecule has 2 heteroatoms. The van der Waals surface area contributed by atoms with Crippen LogP contribution in [0.3, 0.4) is 0 Å². The summed E-state index contributed by atoms with van der Waals surface area (Å²) in [5.74, 6) is 0. The zero-order valence-corrected chi connectivity index (χ0v) is 10.8. The highest BCUT2D eigenvalue weighted by atomic mass is 16.2. The molecule has 1 saturated heterocycles. The molecule has 2 nitrogen and oxygen atoms in total. The van der Waals surface area contributed by atoms with E-state index in [-0.39, 0.29) is 0 Å². The van der Waals surface area contributed by atoms with E-state index in [1.54, 1.807) is 0 Å². The van der Waals surface area contributed by atoms with Gasteiger partial charge >= 0.3 is 0 Å². The highest BCUT2D eigenvalue weighted by molar-refractivity contribution is 4.65. The molecule has 1 aliphatic rings. The summed E-state index contributed by atoms with van der Waals surface area (Å²) in [6.07, 6.45) is 13.3. The second-order valence-corrected chi connectivity index (χ2v) is 5.10. The third-order valence-corrected chi connectivity index (χ3v) is 3.58. The first-order valence-corrected chi connectivity index (χ1v) is 7.26. The molecule has 1 fully saturated rings. The number of rotatable bonds is 10. The average molecular weight is 227 g/mol. The normalized spacial score (nSPS) is 17.1. The first-order chi connectivity index (χ1) is 7.93. The maximum Gasteiger partial charge on any atom is 0.0431 e. The molecule has 0 bridgehead atoms. The minimum atomic E-state index is 0.371. The Morgan fingerprint density at radius 3 is 1.75 bits per heavy atom. The molecule has 1 N–H and O–H groups in total. The van der Waals surface area contributed by atoms with E-state index < -0.39 is 0 Å². The predicted molar refractivity (Wildman–Crippen MR) is 69.7 cm³/mol. The van der Waals surface area contributed by atoms with Crippen molar-refractivity contribution in [3.63, 3.8) is 0 Å². The lowest BCUT2D eigenvalue weighted by molar-refractivity contribution is 0.282. The number of unbranched alkanes of at least 4 members (excludes halogenated alkanes) is 7. The highest BCUT2D eigenvalue weighted by Gasteiger charge is 2.09. The summed E-state index contributed by atoms with van der Waals surface area (Å²) >= 11 is 0. The van der Waals surface area contributed by atoms with Gasteiger partial charge in [-0.25, -0.2) is 0 Å². The Morgan fingerprint density at radius 1 is 0.688 bits per heavy atom. The van der Waals surface area contributed by atoms with Gasteiger partial charge in [-0.1, -0.05) is 38.5 Å². The van der Waals surface area contributed by atoms with E-state index >= 15 is 0 Å². The van der Waals surface area contributed by atoms with Crippen LogP contribution in [0, 0.1) is 0 Å².